The fraction of sp³-hybridized carbons (Fsp3) is 0.615. The Morgan fingerprint density at radius 3 is 2.59 bits per heavy atom. The molecule has 1 aromatic rings. The first-order valence-corrected chi connectivity index (χ1v) is 12.5. The number of carbonyl (C=O) groups excluding carboxylic acids is 2. The summed E-state index contributed by atoms with van der Waals surface area (Å²) in [6.45, 7) is 3.87. The van der Waals surface area contributed by atoms with Crippen LogP contribution in [-0.4, -0.2) is 50.1 Å². The van der Waals surface area contributed by atoms with Crippen molar-refractivity contribution in [3.05, 3.63) is 41.5 Å². The molecule has 2 fully saturated rings. The van der Waals surface area contributed by atoms with Crippen molar-refractivity contribution < 1.29 is 9.59 Å². The minimum absolute atomic E-state index is 0.0700. The minimum atomic E-state index is -0.425. The quantitative estimate of drug-likeness (QED) is 0.570. The van der Waals surface area contributed by atoms with Crippen LogP contribution in [-0.2, 0) is 4.79 Å². The second-order valence-corrected chi connectivity index (χ2v) is 9.43. The molecule has 2 saturated heterocycles. The van der Waals surface area contributed by atoms with Crippen molar-refractivity contribution in [2.75, 3.05) is 31.1 Å². The summed E-state index contributed by atoms with van der Waals surface area (Å²) in [5.74, 6) is -0.242. The van der Waals surface area contributed by atoms with Crippen molar-refractivity contribution in [3.8, 4) is 0 Å². The molecule has 2 amide bonds. The smallest absolute Gasteiger partial charge is 0.251 e. The van der Waals surface area contributed by atoms with E-state index in [2.05, 4.69) is 26.9 Å². The Morgan fingerprint density at radius 2 is 1.84 bits per heavy atom. The van der Waals surface area contributed by atoms with Crippen molar-refractivity contribution in [3.63, 3.8) is 0 Å². The van der Waals surface area contributed by atoms with Crippen LogP contribution in [0.1, 0.15) is 74.6 Å². The van der Waals surface area contributed by atoms with Gasteiger partial charge in [-0.1, -0.05) is 11.6 Å². The predicted octanol–water partition coefficient (Wildman–Crippen LogP) is 3.53. The predicted molar refractivity (Wildman–Crippen MR) is 129 cm³/mol. The topological polar surface area (TPSA) is 73.5 Å². The van der Waals surface area contributed by atoms with Crippen LogP contribution in [0.5, 0.6) is 0 Å². The summed E-state index contributed by atoms with van der Waals surface area (Å²) in [7, 11) is 0. The minimum Gasteiger partial charge on any atom is -0.371 e. The van der Waals surface area contributed by atoms with E-state index < -0.39 is 6.04 Å². The van der Waals surface area contributed by atoms with Gasteiger partial charge in [-0.3, -0.25) is 9.59 Å². The van der Waals surface area contributed by atoms with Crippen LogP contribution in [0.25, 0.3) is 0 Å². The van der Waals surface area contributed by atoms with Gasteiger partial charge in [0.25, 0.3) is 5.91 Å². The fourth-order valence-electron chi connectivity index (χ4n) is 5.05. The van der Waals surface area contributed by atoms with E-state index in [1.165, 1.54) is 37.8 Å². The lowest BCUT2D eigenvalue weighted by atomic mass is 9.97. The summed E-state index contributed by atoms with van der Waals surface area (Å²) in [6, 6.07) is 8.00. The first-order chi connectivity index (χ1) is 15.7. The van der Waals surface area contributed by atoms with Crippen LogP contribution in [0.15, 0.2) is 35.9 Å². The third kappa shape index (κ3) is 6.35. The molecule has 6 heteroatoms. The lowest BCUT2D eigenvalue weighted by Gasteiger charge is -2.34. The third-order valence-electron chi connectivity index (χ3n) is 7.09. The van der Waals surface area contributed by atoms with Crippen molar-refractivity contribution in [2.24, 2.45) is 0 Å². The number of amides is 2. The van der Waals surface area contributed by atoms with E-state index in [1.807, 2.05) is 24.3 Å². The Morgan fingerprint density at radius 1 is 1.03 bits per heavy atom. The van der Waals surface area contributed by atoms with Crippen LogP contribution in [0, 0.1) is 0 Å². The average Bonchev–Trinajstić information content (AvgIpc) is 3.04. The van der Waals surface area contributed by atoms with Gasteiger partial charge >= 0.3 is 0 Å². The zero-order valence-electron chi connectivity index (χ0n) is 19.2. The molecule has 0 saturated carbocycles. The number of nitrogens with zero attached hydrogens (tertiary/aromatic N) is 1. The summed E-state index contributed by atoms with van der Waals surface area (Å²) in [4.78, 5) is 27.1. The maximum atomic E-state index is 12.6. The number of hydrogen-bond acceptors (Lipinski definition) is 4. The number of benzene rings is 1. The molecule has 32 heavy (non-hydrogen) atoms. The molecule has 2 aliphatic heterocycles. The van der Waals surface area contributed by atoms with E-state index >= 15 is 0 Å². The van der Waals surface area contributed by atoms with E-state index in [1.54, 1.807) is 5.57 Å². The van der Waals surface area contributed by atoms with Gasteiger partial charge in [-0.05, 0) is 95.0 Å². The van der Waals surface area contributed by atoms with Gasteiger partial charge in [0.2, 0.25) is 5.91 Å². The van der Waals surface area contributed by atoms with Crippen LogP contribution < -0.4 is 20.9 Å². The number of hydrogen-bond donors (Lipinski definition) is 3. The number of piperidine rings is 1. The van der Waals surface area contributed by atoms with Crippen molar-refractivity contribution >= 4 is 17.5 Å². The molecule has 3 aliphatic rings. The molecule has 6 nitrogen and oxygen atoms in total. The van der Waals surface area contributed by atoms with Gasteiger partial charge in [0.1, 0.15) is 6.04 Å². The van der Waals surface area contributed by atoms with E-state index in [0.717, 1.165) is 45.3 Å². The maximum Gasteiger partial charge on any atom is 0.251 e. The number of nitrogens with one attached hydrogen (secondary N) is 3. The zero-order valence-corrected chi connectivity index (χ0v) is 19.2. The van der Waals surface area contributed by atoms with Gasteiger partial charge in [0.05, 0.1) is 0 Å². The fourth-order valence-corrected chi connectivity index (χ4v) is 5.05. The molecule has 0 aromatic heterocycles. The van der Waals surface area contributed by atoms with Crippen molar-refractivity contribution in [1.29, 1.82) is 0 Å². The highest BCUT2D eigenvalue weighted by atomic mass is 16.2. The summed E-state index contributed by atoms with van der Waals surface area (Å²) in [6.07, 6.45) is 13.9. The Balaban J connectivity index is 1.21. The van der Waals surface area contributed by atoms with Gasteiger partial charge in [-0.15, -0.1) is 0 Å². The molecule has 0 unspecified atom stereocenters. The number of rotatable bonds is 7. The number of carbonyl (C=O) groups is 2. The molecule has 0 radical (unpaired) electrons. The zero-order chi connectivity index (χ0) is 22.2. The van der Waals surface area contributed by atoms with Gasteiger partial charge in [0, 0.05) is 36.9 Å². The van der Waals surface area contributed by atoms with Crippen LogP contribution in [0.2, 0.25) is 0 Å². The average molecular weight is 439 g/mol. The highest BCUT2D eigenvalue weighted by molar-refractivity contribution is 5.97. The lowest BCUT2D eigenvalue weighted by molar-refractivity contribution is -0.122. The second-order valence-electron chi connectivity index (χ2n) is 9.43. The molecule has 2 heterocycles. The summed E-state index contributed by atoms with van der Waals surface area (Å²) in [5.41, 5.74) is 3.42. The molecular formula is C26H38N4O2. The van der Waals surface area contributed by atoms with E-state index in [9.17, 15) is 9.59 Å². The highest BCUT2D eigenvalue weighted by Gasteiger charge is 2.23. The molecule has 3 N–H and O–H groups in total. The first-order valence-electron chi connectivity index (χ1n) is 12.5. The van der Waals surface area contributed by atoms with Gasteiger partial charge in [-0.2, -0.15) is 0 Å². The third-order valence-corrected chi connectivity index (χ3v) is 7.09. The Bertz CT molecular complexity index is 797. The summed E-state index contributed by atoms with van der Waals surface area (Å²) in [5, 5.41) is 9.52. The first kappa shape index (κ1) is 22.8. The molecular weight excluding hydrogens is 400 g/mol. The number of allylic oxidation sites excluding steroid dienone is 1. The monoisotopic (exact) mass is 438 g/mol. The van der Waals surface area contributed by atoms with Crippen molar-refractivity contribution in [2.45, 2.75) is 76.3 Å². The molecule has 1 atom stereocenters. The molecule has 1 aliphatic carbocycles. The summed E-state index contributed by atoms with van der Waals surface area (Å²) < 4.78 is 0. The van der Waals surface area contributed by atoms with E-state index in [0.29, 0.717) is 24.6 Å². The van der Waals surface area contributed by atoms with Gasteiger partial charge in [0.15, 0.2) is 0 Å². The SMILES string of the molecule is O=C(N[C@H]1CCCCNC1=O)c1ccc(N2CCC(NCCC3=CCCCC3)CC2)cc1. The summed E-state index contributed by atoms with van der Waals surface area (Å²) >= 11 is 0. The molecule has 0 bridgehead atoms. The largest absolute Gasteiger partial charge is 0.371 e. The van der Waals surface area contributed by atoms with Crippen LogP contribution in [0.4, 0.5) is 5.69 Å². The van der Waals surface area contributed by atoms with Gasteiger partial charge < -0.3 is 20.9 Å². The van der Waals surface area contributed by atoms with E-state index in [4.69, 9.17) is 0 Å². The van der Waals surface area contributed by atoms with Crippen LogP contribution in [0.3, 0.4) is 0 Å². The molecule has 0 spiro atoms. The van der Waals surface area contributed by atoms with E-state index in [-0.39, 0.29) is 11.8 Å². The number of anilines is 1. The standard InChI is InChI=1S/C26H38N4O2/c31-25(29-24-8-4-5-16-28-26(24)32)21-9-11-23(12-10-21)30-18-14-22(15-19-30)27-17-13-20-6-2-1-3-7-20/h6,9-12,22,24,27H,1-5,7-8,13-19H2,(H,28,32)(H,29,31)/t24-/m0/s1. The molecule has 174 valence electrons. The Hall–Kier alpha value is -2.34. The molecule has 1 aromatic carbocycles. The van der Waals surface area contributed by atoms with Crippen molar-refractivity contribution in [1.82, 2.24) is 16.0 Å². The normalized spacial score (nSPS) is 22.6. The highest BCUT2D eigenvalue weighted by Crippen LogP contribution is 2.22. The Kier molecular flexibility index (Phi) is 8.21. The maximum absolute atomic E-state index is 12.6. The Labute approximate surface area is 192 Å². The second kappa shape index (κ2) is 11.5. The van der Waals surface area contributed by atoms with Crippen LogP contribution >= 0.6 is 0 Å². The molecule has 4 rings (SSSR count). The lowest BCUT2D eigenvalue weighted by Crippen LogP contribution is -2.45. The van der Waals surface area contributed by atoms with Gasteiger partial charge in [-0.25, -0.2) is 0 Å².